The summed E-state index contributed by atoms with van der Waals surface area (Å²) in [6, 6.07) is 0. The van der Waals surface area contributed by atoms with Gasteiger partial charge in [-0.1, -0.05) is 0 Å². The summed E-state index contributed by atoms with van der Waals surface area (Å²) < 4.78 is 0. The number of hydrogen-bond acceptors (Lipinski definition) is 0. The predicted octanol–water partition coefficient (Wildman–Crippen LogP) is -0.658. The van der Waals surface area contributed by atoms with Gasteiger partial charge >= 0.3 is 68.4 Å². The fourth-order valence-electron chi connectivity index (χ4n) is 0. The van der Waals surface area contributed by atoms with Crippen molar-refractivity contribution >= 4 is 72.5 Å². The minimum Gasteiger partial charge on any atom is -2.00 e. The maximum absolute atomic E-state index is 0. The van der Waals surface area contributed by atoms with E-state index in [0.717, 1.165) is 0 Å². The molecular weight excluding hydrogens is 346 g/mol. The third kappa shape index (κ3) is 8.87. The summed E-state index contributed by atoms with van der Waals surface area (Å²) in [5, 5.41) is 0. The molecular formula is H2BaOTeZn. The molecule has 0 heterocycles. The zero-order valence-electron chi connectivity index (χ0n) is 4.23. The molecule has 0 saturated heterocycles. The van der Waals surface area contributed by atoms with Crippen molar-refractivity contribution in [2.75, 3.05) is 0 Å². The van der Waals surface area contributed by atoms with Crippen LogP contribution >= 0.6 is 0 Å². The van der Waals surface area contributed by atoms with E-state index < -0.39 is 0 Å². The monoisotopic (exact) mass is 350 g/mol. The van der Waals surface area contributed by atoms with Crippen LogP contribution in [0.25, 0.3) is 0 Å². The van der Waals surface area contributed by atoms with E-state index in [9.17, 15) is 0 Å². The first kappa shape index (κ1) is 28.3. The fraction of sp³-hybridized carbons (Fsp3) is 0. The van der Waals surface area contributed by atoms with Crippen LogP contribution in [0, 0.1) is 0 Å². The predicted molar refractivity (Wildman–Crippen MR) is 14.4 cm³/mol. The average molecular weight is 348 g/mol. The Kier molecular flexibility index (Phi) is 119. The average Bonchev–Trinajstić information content (AvgIpc) is 0. The summed E-state index contributed by atoms with van der Waals surface area (Å²) in [4.78, 5) is 0. The van der Waals surface area contributed by atoms with Gasteiger partial charge in [-0.2, -0.15) is 0 Å². The van der Waals surface area contributed by atoms with Crippen LogP contribution < -0.4 is 0 Å². The smallest absolute Gasteiger partial charge is 2.00 e. The molecule has 0 bridgehead atoms. The second kappa shape index (κ2) is 16.8. The summed E-state index contributed by atoms with van der Waals surface area (Å²) >= 11 is 0. The second-order valence-corrected chi connectivity index (χ2v) is 0. The van der Waals surface area contributed by atoms with Crippen molar-refractivity contribution in [2.24, 2.45) is 0 Å². The minimum atomic E-state index is 0. The Labute approximate surface area is 98.1 Å². The van der Waals surface area contributed by atoms with Crippen molar-refractivity contribution < 1.29 is 27.8 Å². The Balaban J connectivity index is 0. The SMILES string of the molecule is [Ba+2].[H-].[H-].[O-2].[Te].[Zn+2]. The van der Waals surface area contributed by atoms with Crippen molar-refractivity contribution in [3.63, 3.8) is 0 Å². The molecule has 0 atom stereocenters. The van der Waals surface area contributed by atoms with Gasteiger partial charge in [-0.3, -0.25) is 0 Å². The largest absolute Gasteiger partial charge is 2.00 e. The van der Waals surface area contributed by atoms with Gasteiger partial charge in [0.2, 0.25) is 0 Å². The van der Waals surface area contributed by atoms with Gasteiger partial charge in [0.1, 0.15) is 0 Å². The van der Waals surface area contributed by atoms with Crippen molar-refractivity contribution in [3.05, 3.63) is 0 Å². The molecule has 0 rings (SSSR count). The first-order chi connectivity index (χ1) is 0. The Morgan fingerprint density at radius 1 is 1.25 bits per heavy atom. The summed E-state index contributed by atoms with van der Waals surface area (Å²) in [5.74, 6) is 0. The molecule has 0 N–H and O–H groups in total. The van der Waals surface area contributed by atoms with Crippen LogP contribution in [0.2, 0.25) is 0 Å². The summed E-state index contributed by atoms with van der Waals surface area (Å²) in [6.07, 6.45) is 0. The van der Waals surface area contributed by atoms with E-state index in [1.807, 2.05) is 0 Å². The Bertz CT molecular complexity index is 13.5. The van der Waals surface area contributed by atoms with Gasteiger partial charge in [0.05, 0.1) is 0 Å². The molecule has 0 amide bonds. The van der Waals surface area contributed by atoms with Gasteiger partial charge < -0.3 is 8.33 Å². The van der Waals surface area contributed by atoms with Crippen LogP contribution in [-0.2, 0) is 25.0 Å². The van der Waals surface area contributed by atoms with Crippen LogP contribution in [0.15, 0.2) is 0 Å². The van der Waals surface area contributed by atoms with Crippen molar-refractivity contribution in [1.82, 2.24) is 0 Å². The molecule has 0 fully saturated rings. The molecule has 0 aromatic heterocycles. The maximum atomic E-state index is 0. The molecule has 0 spiro atoms. The van der Waals surface area contributed by atoms with Crippen molar-refractivity contribution in [1.29, 1.82) is 0 Å². The molecule has 0 aromatic carbocycles. The molecule has 4 heteroatoms. The molecule has 0 aliphatic rings. The van der Waals surface area contributed by atoms with Crippen LogP contribution in [0.5, 0.6) is 0 Å². The van der Waals surface area contributed by atoms with Crippen LogP contribution in [0.3, 0.4) is 0 Å². The second-order valence-electron chi connectivity index (χ2n) is 0. The topological polar surface area (TPSA) is 28.5 Å². The minimum absolute atomic E-state index is 0. The molecule has 18 valence electrons. The standard InChI is InChI=1S/Ba.O.Te.Zn.2H/q+2;-2;;+2;2*-1. The summed E-state index contributed by atoms with van der Waals surface area (Å²) in [5.41, 5.74) is 0. The van der Waals surface area contributed by atoms with E-state index in [4.69, 9.17) is 0 Å². The third-order valence-corrected chi connectivity index (χ3v) is 0. The molecule has 0 aliphatic heterocycles. The molecule has 0 saturated carbocycles. The van der Waals surface area contributed by atoms with E-state index >= 15 is 0 Å². The molecule has 0 unspecified atom stereocenters. The van der Waals surface area contributed by atoms with Gasteiger partial charge in [-0.25, -0.2) is 0 Å². The van der Waals surface area contributed by atoms with Gasteiger partial charge in [-0.15, -0.1) is 0 Å². The van der Waals surface area contributed by atoms with E-state index in [1.165, 1.54) is 0 Å². The number of rotatable bonds is 0. The van der Waals surface area contributed by atoms with Gasteiger partial charge in [0.25, 0.3) is 0 Å². The van der Waals surface area contributed by atoms with E-state index in [2.05, 4.69) is 0 Å². The first-order valence-electron chi connectivity index (χ1n) is 0. The van der Waals surface area contributed by atoms with E-state index in [0.29, 0.717) is 0 Å². The molecule has 0 aromatic rings. The molecule has 0 aliphatic carbocycles. The third-order valence-electron chi connectivity index (χ3n) is 0. The van der Waals surface area contributed by atoms with Crippen LogP contribution in [-0.4, -0.2) is 72.5 Å². The Morgan fingerprint density at radius 3 is 1.25 bits per heavy atom. The van der Waals surface area contributed by atoms with E-state index in [1.54, 1.807) is 0 Å². The zero-order valence-corrected chi connectivity index (χ0v) is 12.0. The Hall–Kier alpha value is 2.94. The van der Waals surface area contributed by atoms with Gasteiger partial charge in [-0.05, 0) is 0 Å². The summed E-state index contributed by atoms with van der Waals surface area (Å²) in [6.45, 7) is 0. The molecule has 2 radical (unpaired) electrons. The normalized spacial score (nSPS) is 0. The van der Waals surface area contributed by atoms with Crippen LogP contribution in [0.4, 0.5) is 0 Å². The maximum Gasteiger partial charge on any atom is 2.00 e. The number of hydrogen-bond donors (Lipinski definition) is 0. The fourth-order valence-corrected chi connectivity index (χ4v) is 0. The van der Waals surface area contributed by atoms with Crippen molar-refractivity contribution in [3.8, 4) is 0 Å². The van der Waals surface area contributed by atoms with Crippen molar-refractivity contribution in [2.45, 2.75) is 0 Å². The van der Waals surface area contributed by atoms with E-state index in [-0.39, 0.29) is 100 Å². The van der Waals surface area contributed by atoms with Gasteiger partial charge in [0.15, 0.2) is 0 Å². The van der Waals surface area contributed by atoms with Gasteiger partial charge in [0, 0.05) is 23.7 Å². The Morgan fingerprint density at radius 2 is 1.25 bits per heavy atom. The quantitative estimate of drug-likeness (QED) is 0.521. The molecule has 1 nitrogen and oxygen atoms in total. The summed E-state index contributed by atoms with van der Waals surface area (Å²) in [7, 11) is 0. The molecule has 4 heavy (non-hydrogen) atoms. The first-order valence-corrected chi connectivity index (χ1v) is 0. The van der Waals surface area contributed by atoms with Crippen LogP contribution in [0.1, 0.15) is 2.85 Å². The zero-order chi connectivity index (χ0) is 0.